The predicted octanol–water partition coefficient (Wildman–Crippen LogP) is 5.95. The number of methoxy groups -OCH3 is 3. The van der Waals surface area contributed by atoms with Crippen molar-refractivity contribution in [2.75, 3.05) is 36.9 Å². The summed E-state index contributed by atoms with van der Waals surface area (Å²) in [5, 5.41) is 5.98. The number of benzene rings is 4. The van der Waals surface area contributed by atoms with E-state index in [1.54, 1.807) is 98.1 Å². The van der Waals surface area contributed by atoms with E-state index in [1.807, 2.05) is 6.07 Å². The van der Waals surface area contributed by atoms with Crippen molar-refractivity contribution < 1.29 is 28.6 Å². The lowest BCUT2D eigenvalue weighted by Crippen LogP contribution is -2.32. The van der Waals surface area contributed by atoms with Gasteiger partial charge in [-0.3, -0.25) is 14.4 Å². The summed E-state index contributed by atoms with van der Waals surface area (Å²) in [6.07, 6.45) is 0. The molecule has 212 valence electrons. The normalized spacial score (nSPS) is 12.8. The highest BCUT2D eigenvalue weighted by molar-refractivity contribution is 8.04. The molecular weight excluding hydrogens is 554 g/mol. The molecule has 0 saturated carbocycles. The van der Waals surface area contributed by atoms with Gasteiger partial charge in [0, 0.05) is 22.3 Å². The SMILES string of the molecule is COc1ccc(NC2=C(Sc3ccc(NC(=O)c4ccc(OC)cc4OC)cc3)C(=O)N(c3ccccc3)C2=O)cc1. The lowest BCUT2D eigenvalue weighted by atomic mass is 10.1. The van der Waals surface area contributed by atoms with Gasteiger partial charge in [0.15, 0.2) is 0 Å². The highest BCUT2D eigenvalue weighted by atomic mass is 32.2. The van der Waals surface area contributed by atoms with Crippen LogP contribution < -0.4 is 29.7 Å². The van der Waals surface area contributed by atoms with Gasteiger partial charge in [0.2, 0.25) is 0 Å². The van der Waals surface area contributed by atoms with E-state index >= 15 is 0 Å². The number of imide groups is 1. The van der Waals surface area contributed by atoms with Crippen LogP contribution in [0.4, 0.5) is 17.1 Å². The van der Waals surface area contributed by atoms with Gasteiger partial charge in [-0.15, -0.1) is 0 Å². The number of anilines is 3. The number of nitrogens with one attached hydrogen (secondary N) is 2. The monoisotopic (exact) mass is 581 g/mol. The zero-order valence-electron chi connectivity index (χ0n) is 23.0. The van der Waals surface area contributed by atoms with Crippen molar-refractivity contribution in [3.8, 4) is 17.2 Å². The van der Waals surface area contributed by atoms with Crippen LogP contribution in [0.2, 0.25) is 0 Å². The molecule has 3 amide bonds. The average molecular weight is 582 g/mol. The molecule has 9 nitrogen and oxygen atoms in total. The minimum atomic E-state index is -0.457. The molecule has 0 aromatic heterocycles. The van der Waals surface area contributed by atoms with Crippen LogP contribution in [0.15, 0.2) is 113 Å². The summed E-state index contributed by atoms with van der Waals surface area (Å²) in [4.78, 5) is 42.1. The minimum Gasteiger partial charge on any atom is -0.497 e. The Labute approximate surface area is 247 Å². The molecule has 4 aromatic carbocycles. The van der Waals surface area contributed by atoms with Crippen molar-refractivity contribution >= 4 is 46.5 Å². The van der Waals surface area contributed by atoms with Crippen molar-refractivity contribution in [3.63, 3.8) is 0 Å². The molecule has 1 aliphatic rings. The number of carbonyl (C=O) groups excluding carboxylic acids is 3. The van der Waals surface area contributed by atoms with E-state index in [4.69, 9.17) is 14.2 Å². The van der Waals surface area contributed by atoms with Crippen molar-refractivity contribution in [1.82, 2.24) is 0 Å². The standard InChI is InChI=1S/C32H27N3O6S/c1-39-23-13-9-20(10-14-23)33-28-29(32(38)35(31(28)37)22-7-5-4-6-8-22)42-25-16-11-21(12-17-25)34-30(36)26-18-15-24(40-2)19-27(26)41-3/h4-19,33H,1-3H3,(H,34,36). The second kappa shape index (κ2) is 12.5. The van der Waals surface area contributed by atoms with E-state index in [0.29, 0.717) is 44.8 Å². The van der Waals surface area contributed by atoms with Crippen molar-refractivity contribution in [3.05, 3.63) is 113 Å². The maximum atomic E-state index is 13.6. The van der Waals surface area contributed by atoms with Gasteiger partial charge >= 0.3 is 0 Å². The molecule has 1 aliphatic heterocycles. The van der Waals surface area contributed by atoms with E-state index < -0.39 is 11.8 Å². The Hall–Kier alpha value is -5.22. The van der Waals surface area contributed by atoms with Gasteiger partial charge in [0.05, 0.1) is 32.6 Å². The third-order valence-electron chi connectivity index (χ3n) is 6.40. The van der Waals surface area contributed by atoms with Gasteiger partial charge in [-0.1, -0.05) is 30.0 Å². The first-order chi connectivity index (χ1) is 20.4. The number of carbonyl (C=O) groups is 3. The molecule has 1 heterocycles. The Morgan fingerprint density at radius 1 is 0.714 bits per heavy atom. The fraction of sp³-hybridized carbons (Fsp3) is 0.0938. The van der Waals surface area contributed by atoms with Gasteiger partial charge in [-0.05, 0) is 72.8 Å². The number of rotatable bonds is 10. The Bertz CT molecular complexity index is 1650. The molecule has 0 bridgehead atoms. The first-order valence-corrected chi connectivity index (χ1v) is 13.6. The number of ether oxygens (including phenoxy) is 3. The maximum absolute atomic E-state index is 13.6. The lowest BCUT2D eigenvalue weighted by molar-refractivity contribution is -0.120. The number of hydrogen-bond donors (Lipinski definition) is 2. The van der Waals surface area contributed by atoms with Crippen LogP contribution in [0, 0.1) is 0 Å². The van der Waals surface area contributed by atoms with Crippen LogP contribution in [0.5, 0.6) is 17.2 Å². The topological polar surface area (TPSA) is 106 Å². The molecule has 0 unspecified atom stereocenters. The smallest absolute Gasteiger partial charge is 0.283 e. The van der Waals surface area contributed by atoms with E-state index in [1.165, 1.54) is 14.2 Å². The molecule has 42 heavy (non-hydrogen) atoms. The molecule has 0 saturated heterocycles. The van der Waals surface area contributed by atoms with E-state index in [2.05, 4.69) is 10.6 Å². The highest BCUT2D eigenvalue weighted by Crippen LogP contribution is 2.38. The molecule has 0 radical (unpaired) electrons. The van der Waals surface area contributed by atoms with Crippen LogP contribution in [0.25, 0.3) is 0 Å². The Morgan fingerprint density at radius 2 is 1.36 bits per heavy atom. The fourth-order valence-electron chi connectivity index (χ4n) is 4.25. The van der Waals surface area contributed by atoms with E-state index in [9.17, 15) is 14.4 Å². The quantitative estimate of drug-likeness (QED) is 0.221. The summed E-state index contributed by atoms with van der Waals surface area (Å²) in [6, 6.07) is 27.8. The number of nitrogens with zero attached hydrogens (tertiary/aromatic N) is 1. The maximum Gasteiger partial charge on any atom is 0.283 e. The first kappa shape index (κ1) is 28.3. The minimum absolute atomic E-state index is 0.169. The van der Waals surface area contributed by atoms with Gasteiger partial charge in [-0.25, -0.2) is 4.90 Å². The third kappa shape index (κ3) is 5.93. The molecule has 0 aliphatic carbocycles. The summed E-state index contributed by atoms with van der Waals surface area (Å²) in [6.45, 7) is 0. The molecule has 0 atom stereocenters. The number of thioether (sulfide) groups is 1. The van der Waals surface area contributed by atoms with Gasteiger partial charge < -0.3 is 24.8 Å². The summed E-state index contributed by atoms with van der Waals surface area (Å²) in [5.74, 6) is 0.388. The summed E-state index contributed by atoms with van der Waals surface area (Å²) >= 11 is 1.16. The van der Waals surface area contributed by atoms with E-state index in [-0.39, 0.29) is 16.5 Å². The fourth-order valence-corrected chi connectivity index (χ4v) is 5.18. The van der Waals surface area contributed by atoms with Crippen LogP contribution in [0.1, 0.15) is 10.4 Å². The second-order valence-electron chi connectivity index (χ2n) is 8.99. The molecule has 10 heteroatoms. The summed E-state index contributed by atoms with van der Waals surface area (Å²) in [7, 11) is 4.59. The van der Waals surface area contributed by atoms with Gasteiger partial charge in [0.25, 0.3) is 17.7 Å². The molecule has 4 aromatic rings. The van der Waals surface area contributed by atoms with Crippen LogP contribution in [-0.2, 0) is 9.59 Å². The lowest BCUT2D eigenvalue weighted by Gasteiger charge is -2.15. The molecule has 0 fully saturated rings. The van der Waals surface area contributed by atoms with Gasteiger partial charge in [-0.2, -0.15) is 0 Å². The largest absolute Gasteiger partial charge is 0.497 e. The molecule has 0 spiro atoms. The van der Waals surface area contributed by atoms with Gasteiger partial charge in [0.1, 0.15) is 27.9 Å². The van der Waals surface area contributed by atoms with Crippen molar-refractivity contribution in [2.24, 2.45) is 0 Å². The first-order valence-electron chi connectivity index (χ1n) is 12.8. The predicted molar refractivity (Wildman–Crippen MR) is 162 cm³/mol. The zero-order chi connectivity index (χ0) is 29.6. The molecule has 5 rings (SSSR count). The Balaban J connectivity index is 1.38. The zero-order valence-corrected chi connectivity index (χ0v) is 23.9. The Morgan fingerprint density at radius 3 is 2.00 bits per heavy atom. The van der Waals surface area contributed by atoms with Crippen LogP contribution in [0.3, 0.4) is 0 Å². The van der Waals surface area contributed by atoms with Crippen LogP contribution >= 0.6 is 11.8 Å². The number of amides is 3. The van der Waals surface area contributed by atoms with E-state index in [0.717, 1.165) is 16.7 Å². The summed E-state index contributed by atoms with van der Waals surface area (Å²) in [5.41, 5.74) is 2.18. The van der Waals surface area contributed by atoms with Crippen molar-refractivity contribution in [2.45, 2.75) is 4.90 Å². The molecular formula is C32H27N3O6S. The third-order valence-corrected chi connectivity index (χ3v) is 7.49. The highest BCUT2D eigenvalue weighted by Gasteiger charge is 2.40. The average Bonchev–Trinajstić information content (AvgIpc) is 3.26. The van der Waals surface area contributed by atoms with Crippen LogP contribution in [-0.4, -0.2) is 39.1 Å². The number of hydrogen-bond acceptors (Lipinski definition) is 8. The Kier molecular flexibility index (Phi) is 8.44. The molecule has 2 N–H and O–H groups in total. The van der Waals surface area contributed by atoms with Crippen molar-refractivity contribution in [1.29, 1.82) is 0 Å². The second-order valence-corrected chi connectivity index (χ2v) is 10.1. The summed E-state index contributed by atoms with van der Waals surface area (Å²) < 4.78 is 15.8. The number of para-hydroxylation sites is 1.